The van der Waals surface area contributed by atoms with Crippen molar-refractivity contribution in [1.29, 1.82) is 0 Å². The van der Waals surface area contributed by atoms with Crippen molar-refractivity contribution in [3.8, 4) is 0 Å². The Hall–Kier alpha value is -0.780. The third-order valence-corrected chi connectivity index (χ3v) is 2.45. The topological polar surface area (TPSA) is 0 Å². The Bertz CT molecular complexity index is 196. The fourth-order valence-electron chi connectivity index (χ4n) is 1.77. The zero-order valence-corrected chi connectivity index (χ0v) is 7.27. The Morgan fingerprint density at radius 2 is 2.09 bits per heavy atom. The van der Waals surface area contributed by atoms with Crippen LogP contribution in [0.1, 0.15) is 26.2 Å². The lowest BCUT2D eigenvalue weighted by molar-refractivity contribution is 0.552. The lowest BCUT2D eigenvalue weighted by Gasteiger charge is -2.21. The highest BCUT2D eigenvalue weighted by molar-refractivity contribution is 5.34. The SMILES string of the molecule is C=CC1=C(C=C)C(C)CCC1. The van der Waals surface area contributed by atoms with Gasteiger partial charge in [-0.15, -0.1) is 0 Å². The maximum atomic E-state index is 3.83. The lowest BCUT2D eigenvalue weighted by atomic mass is 9.84. The first-order valence-corrected chi connectivity index (χ1v) is 4.27. The summed E-state index contributed by atoms with van der Waals surface area (Å²) >= 11 is 0. The predicted octanol–water partition coefficient (Wildman–Crippen LogP) is 3.48. The molecule has 0 aliphatic heterocycles. The fraction of sp³-hybridized carbons (Fsp3) is 0.455. The Balaban J connectivity index is 2.94. The van der Waals surface area contributed by atoms with Gasteiger partial charge in [0.1, 0.15) is 0 Å². The molecule has 1 atom stereocenters. The van der Waals surface area contributed by atoms with Gasteiger partial charge in [-0.2, -0.15) is 0 Å². The molecule has 1 unspecified atom stereocenters. The number of allylic oxidation sites excluding steroid dienone is 4. The Morgan fingerprint density at radius 1 is 1.36 bits per heavy atom. The summed E-state index contributed by atoms with van der Waals surface area (Å²) < 4.78 is 0. The molecule has 0 heteroatoms. The quantitative estimate of drug-likeness (QED) is 0.562. The van der Waals surface area contributed by atoms with E-state index < -0.39 is 0 Å². The predicted molar refractivity (Wildman–Crippen MR) is 50.4 cm³/mol. The molecular weight excluding hydrogens is 132 g/mol. The van der Waals surface area contributed by atoms with Crippen LogP contribution in [0.3, 0.4) is 0 Å². The van der Waals surface area contributed by atoms with E-state index in [2.05, 4.69) is 20.1 Å². The van der Waals surface area contributed by atoms with E-state index in [0.717, 1.165) is 0 Å². The molecule has 60 valence electrons. The van der Waals surface area contributed by atoms with Gasteiger partial charge in [0.15, 0.2) is 0 Å². The third-order valence-electron chi connectivity index (χ3n) is 2.45. The Labute approximate surface area is 69.3 Å². The molecule has 0 fully saturated rings. The molecule has 11 heavy (non-hydrogen) atoms. The van der Waals surface area contributed by atoms with E-state index in [9.17, 15) is 0 Å². The molecule has 0 nitrogen and oxygen atoms in total. The van der Waals surface area contributed by atoms with E-state index in [1.165, 1.54) is 30.4 Å². The van der Waals surface area contributed by atoms with Crippen LogP contribution >= 0.6 is 0 Å². The number of hydrogen-bond donors (Lipinski definition) is 0. The van der Waals surface area contributed by atoms with Gasteiger partial charge in [-0.25, -0.2) is 0 Å². The molecule has 1 aliphatic rings. The third kappa shape index (κ3) is 1.62. The zero-order valence-electron chi connectivity index (χ0n) is 7.27. The molecule has 0 amide bonds. The molecular formula is C11H16. The molecule has 0 aromatic rings. The maximum absolute atomic E-state index is 3.83. The van der Waals surface area contributed by atoms with Gasteiger partial charge in [-0.1, -0.05) is 32.2 Å². The van der Waals surface area contributed by atoms with Crippen LogP contribution in [0, 0.1) is 5.92 Å². The summed E-state index contributed by atoms with van der Waals surface area (Å²) in [6.45, 7) is 9.90. The molecule has 0 saturated carbocycles. The van der Waals surface area contributed by atoms with E-state index in [-0.39, 0.29) is 0 Å². The molecule has 1 rings (SSSR count). The average Bonchev–Trinajstić information content (AvgIpc) is 2.04. The monoisotopic (exact) mass is 148 g/mol. The minimum Gasteiger partial charge on any atom is -0.0988 e. The summed E-state index contributed by atoms with van der Waals surface area (Å²) in [4.78, 5) is 0. The largest absolute Gasteiger partial charge is 0.0988 e. The van der Waals surface area contributed by atoms with Gasteiger partial charge in [-0.05, 0) is 36.3 Å². The fourth-order valence-corrected chi connectivity index (χ4v) is 1.77. The smallest absolute Gasteiger partial charge is 0.0188 e. The molecule has 0 spiro atoms. The summed E-state index contributed by atoms with van der Waals surface area (Å²) in [6.07, 6.45) is 7.77. The second-order valence-electron chi connectivity index (χ2n) is 3.18. The summed E-state index contributed by atoms with van der Waals surface area (Å²) in [5, 5.41) is 0. The molecule has 1 aliphatic carbocycles. The maximum Gasteiger partial charge on any atom is -0.0188 e. The van der Waals surface area contributed by atoms with Crippen LogP contribution in [-0.4, -0.2) is 0 Å². The van der Waals surface area contributed by atoms with Gasteiger partial charge in [0.25, 0.3) is 0 Å². The van der Waals surface area contributed by atoms with E-state index >= 15 is 0 Å². The van der Waals surface area contributed by atoms with Crippen LogP contribution in [0.4, 0.5) is 0 Å². The first kappa shape index (κ1) is 8.32. The van der Waals surface area contributed by atoms with Crippen molar-refractivity contribution in [1.82, 2.24) is 0 Å². The highest BCUT2D eigenvalue weighted by Gasteiger charge is 2.14. The normalized spacial score (nSPS) is 25.0. The first-order valence-electron chi connectivity index (χ1n) is 4.27. The van der Waals surface area contributed by atoms with E-state index in [0.29, 0.717) is 5.92 Å². The van der Waals surface area contributed by atoms with Crippen molar-refractivity contribution in [2.45, 2.75) is 26.2 Å². The molecule has 0 N–H and O–H groups in total. The van der Waals surface area contributed by atoms with Crippen molar-refractivity contribution < 1.29 is 0 Å². The highest BCUT2D eigenvalue weighted by Crippen LogP contribution is 2.30. The number of rotatable bonds is 2. The average molecular weight is 148 g/mol. The van der Waals surface area contributed by atoms with Crippen molar-refractivity contribution in [2.75, 3.05) is 0 Å². The summed E-state index contributed by atoms with van der Waals surface area (Å²) in [6, 6.07) is 0. The van der Waals surface area contributed by atoms with Crippen LogP contribution in [-0.2, 0) is 0 Å². The van der Waals surface area contributed by atoms with Crippen molar-refractivity contribution in [3.05, 3.63) is 36.5 Å². The molecule has 0 radical (unpaired) electrons. The Kier molecular flexibility index (Phi) is 2.70. The minimum atomic E-state index is 0.689. The van der Waals surface area contributed by atoms with Crippen LogP contribution in [0.5, 0.6) is 0 Å². The second-order valence-corrected chi connectivity index (χ2v) is 3.18. The molecule has 0 saturated heterocycles. The molecule has 0 bridgehead atoms. The summed E-state index contributed by atoms with van der Waals surface area (Å²) in [5.41, 5.74) is 2.81. The minimum absolute atomic E-state index is 0.689. The van der Waals surface area contributed by atoms with E-state index in [1.807, 2.05) is 12.2 Å². The standard InChI is InChI=1S/C11H16/c1-4-10-8-6-7-9(3)11(10)5-2/h4-5,9H,1-2,6-8H2,3H3. The first-order chi connectivity index (χ1) is 5.29. The van der Waals surface area contributed by atoms with Gasteiger partial charge >= 0.3 is 0 Å². The summed E-state index contributed by atoms with van der Waals surface area (Å²) in [5.74, 6) is 0.689. The van der Waals surface area contributed by atoms with Crippen LogP contribution in [0.15, 0.2) is 36.5 Å². The second kappa shape index (κ2) is 3.56. The van der Waals surface area contributed by atoms with Crippen molar-refractivity contribution in [3.63, 3.8) is 0 Å². The molecule has 0 aromatic heterocycles. The summed E-state index contributed by atoms with van der Waals surface area (Å²) in [7, 11) is 0. The van der Waals surface area contributed by atoms with Crippen LogP contribution in [0.25, 0.3) is 0 Å². The zero-order chi connectivity index (χ0) is 8.27. The highest BCUT2D eigenvalue weighted by atomic mass is 14.2. The van der Waals surface area contributed by atoms with Gasteiger partial charge < -0.3 is 0 Å². The molecule has 0 heterocycles. The van der Waals surface area contributed by atoms with E-state index in [1.54, 1.807) is 0 Å². The van der Waals surface area contributed by atoms with Crippen molar-refractivity contribution >= 4 is 0 Å². The lowest BCUT2D eigenvalue weighted by Crippen LogP contribution is -2.06. The van der Waals surface area contributed by atoms with Gasteiger partial charge in [-0.3, -0.25) is 0 Å². The van der Waals surface area contributed by atoms with Crippen LogP contribution < -0.4 is 0 Å². The van der Waals surface area contributed by atoms with Gasteiger partial charge in [0.2, 0.25) is 0 Å². The Morgan fingerprint density at radius 3 is 2.55 bits per heavy atom. The molecule has 0 aromatic carbocycles. The van der Waals surface area contributed by atoms with E-state index in [4.69, 9.17) is 0 Å². The van der Waals surface area contributed by atoms with Crippen LogP contribution in [0.2, 0.25) is 0 Å². The van der Waals surface area contributed by atoms with Gasteiger partial charge in [0, 0.05) is 0 Å². The van der Waals surface area contributed by atoms with Gasteiger partial charge in [0.05, 0.1) is 0 Å². The van der Waals surface area contributed by atoms with Crippen molar-refractivity contribution in [2.24, 2.45) is 5.92 Å². The number of hydrogen-bond acceptors (Lipinski definition) is 0.